The Labute approximate surface area is 127 Å². The molecule has 1 saturated carbocycles. The lowest BCUT2D eigenvalue weighted by atomic mass is 10.0. The lowest BCUT2D eigenvalue weighted by Gasteiger charge is -2.20. The maximum absolute atomic E-state index is 12.1. The van der Waals surface area contributed by atoms with Crippen molar-refractivity contribution in [3.63, 3.8) is 0 Å². The Balaban J connectivity index is 1.83. The average Bonchev–Trinajstić information content (AvgIpc) is 2.64. The van der Waals surface area contributed by atoms with Crippen LogP contribution in [0.1, 0.15) is 43.5 Å². The minimum atomic E-state index is 0.305. The Morgan fingerprint density at radius 3 is 2.68 bits per heavy atom. The lowest BCUT2D eigenvalue weighted by molar-refractivity contribution is -0.116. The van der Waals surface area contributed by atoms with Crippen molar-refractivity contribution in [2.24, 2.45) is 7.05 Å². The minimum absolute atomic E-state index is 0.305. The summed E-state index contributed by atoms with van der Waals surface area (Å²) >= 11 is 5.36. The summed E-state index contributed by atoms with van der Waals surface area (Å²) in [4.78, 5) is 12.1. The third-order valence-corrected chi connectivity index (χ3v) is 6.12. The van der Waals surface area contributed by atoms with Gasteiger partial charge in [0, 0.05) is 12.3 Å². The molecule has 0 spiro atoms. The molecule has 1 fully saturated rings. The van der Waals surface area contributed by atoms with Crippen molar-refractivity contribution in [1.29, 1.82) is 0 Å². The number of rotatable bonds is 5. The molecule has 0 bridgehead atoms. The molecule has 1 heterocycles. The van der Waals surface area contributed by atoms with Crippen molar-refractivity contribution in [2.45, 2.75) is 50.7 Å². The molecular formula is C14H21BrN2OS. The van der Waals surface area contributed by atoms with E-state index in [2.05, 4.69) is 21.0 Å². The van der Waals surface area contributed by atoms with Gasteiger partial charge in [0.1, 0.15) is 5.78 Å². The first-order chi connectivity index (χ1) is 9.08. The first-order valence-corrected chi connectivity index (χ1v) is 8.73. The molecule has 1 aromatic heterocycles. The van der Waals surface area contributed by atoms with E-state index in [1.165, 1.54) is 32.1 Å². The predicted molar refractivity (Wildman–Crippen MR) is 83.7 cm³/mol. The number of aryl methyl sites for hydroxylation is 2. The van der Waals surface area contributed by atoms with Crippen LogP contribution in [0.5, 0.6) is 0 Å². The topological polar surface area (TPSA) is 34.9 Å². The average molecular weight is 345 g/mol. The number of carbonyl (C=O) groups excluding carboxylic acids is 1. The van der Waals surface area contributed by atoms with Gasteiger partial charge in [-0.25, -0.2) is 0 Å². The van der Waals surface area contributed by atoms with Crippen LogP contribution in [0.2, 0.25) is 0 Å². The molecular weight excluding hydrogens is 324 g/mol. The fourth-order valence-electron chi connectivity index (χ4n) is 2.55. The number of ketones is 1. The van der Waals surface area contributed by atoms with Crippen LogP contribution in [0.25, 0.3) is 0 Å². The number of hydrogen-bond donors (Lipinski definition) is 0. The summed E-state index contributed by atoms with van der Waals surface area (Å²) in [5.41, 5.74) is 1.94. The summed E-state index contributed by atoms with van der Waals surface area (Å²) in [7, 11) is 1.90. The highest BCUT2D eigenvalue weighted by Gasteiger charge is 2.18. The van der Waals surface area contributed by atoms with Crippen LogP contribution in [0.3, 0.4) is 0 Å². The van der Waals surface area contributed by atoms with Crippen molar-refractivity contribution in [1.82, 2.24) is 9.78 Å². The molecule has 0 amide bonds. The molecule has 19 heavy (non-hydrogen) atoms. The Morgan fingerprint density at radius 2 is 2.11 bits per heavy atom. The van der Waals surface area contributed by atoms with Crippen molar-refractivity contribution in [3.8, 4) is 0 Å². The zero-order chi connectivity index (χ0) is 13.8. The van der Waals surface area contributed by atoms with E-state index in [-0.39, 0.29) is 0 Å². The van der Waals surface area contributed by atoms with E-state index in [0.29, 0.717) is 23.2 Å². The summed E-state index contributed by atoms with van der Waals surface area (Å²) in [5, 5.41) is 5.03. The maximum atomic E-state index is 12.1. The Hall–Kier alpha value is -0.290. The van der Waals surface area contributed by atoms with Crippen LogP contribution in [0, 0.1) is 6.92 Å². The molecule has 5 heteroatoms. The molecule has 0 N–H and O–H groups in total. The van der Waals surface area contributed by atoms with Crippen LogP contribution in [-0.2, 0) is 18.3 Å². The SMILES string of the molecule is Cc1nn(C)c(CC(=O)CSC2CCCCC2)c1Br. The monoisotopic (exact) mass is 344 g/mol. The fraction of sp³-hybridized carbons (Fsp3) is 0.714. The van der Waals surface area contributed by atoms with Gasteiger partial charge in [-0.15, -0.1) is 0 Å². The van der Waals surface area contributed by atoms with Gasteiger partial charge in [-0.05, 0) is 35.7 Å². The minimum Gasteiger partial charge on any atom is -0.298 e. The summed E-state index contributed by atoms with van der Waals surface area (Å²) in [6.07, 6.45) is 7.08. The summed E-state index contributed by atoms with van der Waals surface area (Å²) in [5.74, 6) is 0.945. The fourth-order valence-corrected chi connectivity index (χ4v) is 4.22. The van der Waals surface area contributed by atoms with Crippen LogP contribution in [-0.4, -0.2) is 26.6 Å². The molecule has 106 valence electrons. The molecule has 3 nitrogen and oxygen atoms in total. The lowest BCUT2D eigenvalue weighted by Crippen LogP contribution is -2.14. The number of hydrogen-bond acceptors (Lipinski definition) is 3. The van der Waals surface area contributed by atoms with Crippen LogP contribution < -0.4 is 0 Å². The highest BCUT2D eigenvalue weighted by atomic mass is 79.9. The third-order valence-electron chi connectivity index (χ3n) is 3.66. The number of Topliss-reactive ketones (excluding diaryl/α,β-unsaturated/α-hetero) is 1. The Kier molecular flexibility index (Phi) is 5.51. The highest BCUT2D eigenvalue weighted by Crippen LogP contribution is 2.28. The van der Waals surface area contributed by atoms with E-state index in [1.54, 1.807) is 0 Å². The second-order valence-corrected chi connectivity index (χ2v) is 7.34. The summed E-state index contributed by atoms with van der Waals surface area (Å²) in [6, 6.07) is 0. The van der Waals surface area contributed by atoms with E-state index in [0.717, 1.165) is 15.9 Å². The van der Waals surface area contributed by atoms with Crippen molar-refractivity contribution >= 4 is 33.5 Å². The first-order valence-electron chi connectivity index (χ1n) is 6.89. The van der Waals surface area contributed by atoms with Gasteiger partial charge in [0.15, 0.2) is 0 Å². The van der Waals surface area contributed by atoms with Crippen molar-refractivity contribution < 1.29 is 4.79 Å². The van der Waals surface area contributed by atoms with E-state index in [4.69, 9.17) is 0 Å². The number of thioether (sulfide) groups is 1. The highest BCUT2D eigenvalue weighted by molar-refractivity contribution is 9.10. The third kappa shape index (κ3) is 4.09. The number of nitrogens with zero attached hydrogens (tertiary/aromatic N) is 2. The summed E-state index contributed by atoms with van der Waals surface area (Å²) in [6.45, 7) is 1.95. The van der Waals surface area contributed by atoms with E-state index < -0.39 is 0 Å². The molecule has 0 unspecified atom stereocenters. The molecule has 1 aliphatic carbocycles. The van der Waals surface area contributed by atoms with Crippen molar-refractivity contribution in [3.05, 3.63) is 15.9 Å². The van der Waals surface area contributed by atoms with Crippen LogP contribution in [0.4, 0.5) is 0 Å². The largest absolute Gasteiger partial charge is 0.298 e. The predicted octanol–water partition coefficient (Wildman–Crippen LogP) is 3.67. The van der Waals surface area contributed by atoms with Gasteiger partial charge in [0.2, 0.25) is 0 Å². The zero-order valence-corrected chi connectivity index (χ0v) is 14.0. The van der Waals surface area contributed by atoms with Crippen LogP contribution in [0.15, 0.2) is 4.47 Å². The number of aromatic nitrogens is 2. The van der Waals surface area contributed by atoms with Gasteiger partial charge in [-0.1, -0.05) is 19.3 Å². The number of halogens is 1. The Morgan fingerprint density at radius 1 is 1.42 bits per heavy atom. The molecule has 0 saturated heterocycles. The number of carbonyl (C=O) groups is 1. The molecule has 0 aromatic carbocycles. The van der Waals surface area contributed by atoms with Gasteiger partial charge in [-0.2, -0.15) is 16.9 Å². The van der Waals surface area contributed by atoms with E-state index >= 15 is 0 Å². The van der Waals surface area contributed by atoms with Crippen LogP contribution >= 0.6 is 27.7 Å². The van der Waals surface area contributed by atoms with Gasteiger partial charge in [0.05, 0.1) is 28.0 Å². The standard InChI is InChI=1S/C14H21BrN2OS/c1-10-14(15)13(17(2)16-10)8-11(18)9-19-12-6-4-3-5-7-12/h12H,3-9H2,1-2H3. The molecule has 1 aliphatic rings. The zero-order valence-electron chi connectivity index (χ0n) is 11.6. The second-order valence-electron chi connectivity index (χ2n) is 5.26. The molecule has 1 aromatic rings. The van der Waals surface area contributed by atoms with Gasteiger partial charge in [-0.3, -0.25) is 9.48 Å². The van der Waals surface area contributed by atoms with Crippen molar-refractivity contribution in [2.75, 3.05) is 5.75 Å². The van der Waals surface area contributed by atoms with Gasteiger partial charge >= 0.3 is 0 Å². The first kappa shape index (κ1) is 15.1. The molecule has 0 radical (unpaired) electrons. The molecule has 0 aliphatic heterocycles. The Bertz CT molecular complexity index is 453. The molecule has 0 atom stereocenters. The second kappa shape index (κ2) is 6.93. The summed E-state index contributed by atoms with van der Waals surface area (Å²) < 4.78 is 2.79. The smallest absolute Gasteiger partial charge is 0.148 e. The quantitative estimate of drug-likeness (QED) is 0.817. The van der Waals surface area contributed by atoms with Gasteiger partial charge in [0.25, 0.3) is 0 Å². The van der Waals surface area contributed by atoms with Gasteiger partial charge < -0.3 is 0 Å². The van der Waals surface area contributed by atoms with E-state index in [9.17, 15) is 4.79 Å². The molecule has 2 rings (SSSR count). The van der Waals surface area contributed by atoms with E-state index in [1.807, 2.05) is 30.4 Å². The normalized spacial score (nSPS) is 16.8. The maximum Gasteiger partial charge on any atom is 0.148 e.